The Morgan fingerprint density at radius 3 is 2.76 bits per heavy atom. The number of aromatic nitrogens is 2. The van der Waals surface area contributed by atoms with E-state index in [1.807, 2.05) is 0 Å². The van der Waals surface area contributed by atoms with Crippen molar-refractivity contribution in [2.24, 2.45) is 11.3 Å². The summed E-state index contributed by atoms with van der Waals surface area (Å²) >= 11 is 3.78. The van der Waals surface area contributed by atoms with E-state index in [0.29, 0.717) is 12.0 Å². The molecule has 0 spiro atoms. The van der Waals surface area contributed by atoms with Crippen LogP contribution in [0.25, 0.3) is 0 Å². The maximum atomic E-state index is 4.97. The highest BCUT2D eigenvalue weighted by Crippen LogP contribution is 2.39. The van der Waals surface area contributed by atoms with Crippen molar-refractivity contribution in [2.75, 3.05) is 25.0 Å². The molecular formula is C16H27BrN4. The lowest BCUT2D eigenvalue weighted by Gasteiger charge is -2.34. The lowest BCUT2D eigenvalue weighted by atomic mass is 9.89. The highest BCUT2D eigenvalue weighted by molar-refractivity contribution is 9.10. The standard InChI is InChI=1S/C16H27BrN4/c1-16(2,3)9-12-14(17)15-19-8-6-13(21(15)20-12)11-5-4-7-18-10-11/h11,13,18-19H,4-10H2,1-3H3. The zero-order valence-electron chi connectivity index (χ0n) is 13.4. The molecule has 2 N–H and O–H groups in total. The Hall–Kier alpha value is -0.550. The molecule has 1 saturated heterocycles. The summed E-state index contributed by atoms with van der Waals surface area (Å²) in [6.07, 6.45) is 4.80. The molecule has 1 aromatic rings. The van der Waals surface area contributed by atoms with E-state index < -0.39 is 0 Å². The van der Waals surface area contributed by atoms with Crippen LogP contribution in [0.4, 0.5) is 5.82 Å². The first-order valence-corrected chi connectivity index (χ1v) is 8.96. The van der Waals surface area contributed by atoms with E-state index >= 15 is 0 Å². The highest BCUT2D eigenvalue weighted by Gasteiger charge is 2.32. The number of anilines is 1. The van der Waals surface area contributed by atoms with Crippen molar-refractivity contribution in [1.29, 1.82) is 0 Å². The van der Waals surface area contributed by atoms with Crippen LogP contribution in [0.5, 0.6) is 0 Å². The number of hydrogen-bond donors (Lipinski definition) is 2. The zero-order valence-corrected chi connectivity index (χ0v) is 15.0. The van der Waals surface area contributed by atoms with E-state index in [9.17, 15) is 0 Å². The molecule has 3 heterocycles. The Balaban J connectivity index is 1.88. The average molecular weight is 355 g/mol. The average Bonchev–Trinajstić information content (AvgIpc) is 2.75. The summed E-state index contributed by atoms with van der Waals surface area (Å²) in [6.45, 7) is 10.2. The van der Waals surface area contributed by atoms with Gasteiger partial charge in [0.1, 0.15) is 5.82 Å². The van der Waals surface area contributed by atoms with Gasteiger partial charge in [0.05, 0.1) is 16.2 Å². The third kappa shape index (κ3) is 3.29. The van der Waals surface area contributed by atoms with Crippen LogP contribution in [0.15, 0.2) is 4.47 Å². The molecule has 21 heavy (non-hydrogen) atoms. The molecule has 1 aromatic heterocycles. The Kier molecular flexibility index (Phi) is 4.33. The highest BCUT2D eigenvalue weighted by atomic mass is 79.9. The van der Waals surface area contributed by atoms with Crippen LogP contribution in [0.2, 0.25) is 0 Å². The monoisotopic (exact) mass is 354 g/mol. The number of rotatable bonds is 2. The van der Waals surface area contributed by atoms with Gasteiger partial charge in [-0.25, -0.2) is 4.68 Å². The fraction of sp³-hybridized carbons (Fsp3) is 0.812. The summed E-state index contributed by atoms with van der Waals surface area (Å²) in [5, 5.41) is 12.1. The summed E-state index contributed by atoms with van der Waals surface area (Å²) in [5.41, 5.74) is 1.45. The number of nitrogens with zero attached hydrogens (tertiary/aromatic N) is 2. The Morgan fingerprint density at radius 2 is 2.10 bits per heavy atom. The molecule has 1 fully saturated rings. The smallest absolute Gasteiger partial charge is 0.139 e. The van der Waals surface area contributed by atoms with Gasteiger partial charge < -0.3 is 10.6 Å². The Bertz CT molecular complexity index is 497. The predicted octanol–water partition coefficient (Wildman–Crippen LogP) is 3.59. The first-order chi connectivity index (χ1) is 9.96. The van der Waals surface area contributed by atoms with Crippen molar-refractivity contribution in [3.8, 4) is 0 Å². The molecule has 2 atom stereocenters. The van der Waals surface area contributed by atoms with Gasteiger partial charge in [-0.1, -0.05) is 20.8 Å². The number of hydrogen-bond acceptors (Lipinski definition) is 3. The number of nitrogens with one attached hydrogen (secondary N) is 2. The van der Waals surface area contributed by atoms with Gasteiger partial charge in [-0.05, 0) is 66.0 Å². The van der Waals surface area contributed by atoms with Crippen LogP contribution in [-0.4, -0.2) is 29.4 Å². The number of piperidine rings is 1. The molecule has 5 heteroatoms. The van der Waals surface area contributed by atoms with E-state index in [1.54, 1.807) is 0 Å². The van der Waals surface area contributed by atoms with Gasteiger partial charge >= 0.3 is 0 Å². The molecule has 0 radical (unpaired) electrons. The van der Waals surface area contributed by atoms with Crippen molar-refractivity contribution in [3.63, 3.8) is 0 Å². The van der Waals surface area contributed by atoms with Crippen molar-refractivity contribution in [1.82, 2.24) is 15.1 Å². The molecular weight excluding hydrogens is 328 g/mol. The van der Waals surface area contributed by atoms with Crippen LogP contribution in [-0.2, 0) is 6.42 Å². The molecule has 4 nitrogen and oxygen atoms in total. The lowest BCUT2D eigenvalue weighted by Crippen LogP contribution is -2.38. The normalized spacial score (nSPS) is 26.3. The van der Waals surface area contributed by atoms with Crippen LogP contribution in [0, 0.1) is 11.3 Å². The van der Waals surface area contributed by atoms with Gasteiger partial charge in [-0.2, -0.15) is 5.10 Å². The SMILES string of the molecule is CC(C)(C)Cc1nn2c(c1Br)NCCC2C1CCCNC1. The molecule has 0 aromatic carbocycles. The van der Waals surface area contributed by atoms with Gasteiger partial charge in [0.25, 0.3) is 0 Å². The summed E-state index contributed by atoms with van der Waals surface area (Å²) in [7, 11) is 0. The topological polar surface area (TPSA) is 41.9 Å². The molecule has 0 amide bonds. The quantitative estimate of drug-likeness (QED) is 0.852. The minimum Gasteiger partial charge on any atom is -0.369 e. The summed E-state index contributed by atoms with van der Waals surface area (Å²) in [5.74, 6) is 1.91. The van der Waals surface area contributed by atoms with Gasteiger partial charge in [0.2, 0.25) is 0 Å². The molecule has 2 unspecified atom stereocenters. The zero-order chi connectivity index (χ0) is 15.0. The fourth-order valence-corrected chi connectivity index (χ4v) is 4.12. The van der Waals surface area contributed by atoms with E-state index in [2.05, 4.69) is 52.0 Å². The first kappa shape index (κ1) is 15.3. The van der Waals surface area contributed by atoms with Gasteiger partial charge in [0.15, 0.2) is 0 Å². The minimum absolute atomic E-state index is 0.259. The second kappa shape index (κ2) is 5.92. The van der Waals surface area contributed by atoms with Crippen molar-refractivity contribution < 1.29 is 0 Å². The van der Waals surface area contributed by atoms with E-state index in [4.69, 9.17) is 5.10 Å². The van der Waals surface area contributed by atoms with Crippen molar-refractivity contribution in [2.45, 2.75) is 52.5 Å². The third-order valence-corrected chi connectivity index (χ3v) is 5.38. The predicted molar refractivity (Wildman–Crippen MR) is 90.8 cm³/mol. The minimum atomic E-state index is 0.259. The first-order valence-electron chi connectivity index (χ1n) is 8.17. The Morgan fingerprint density at radius 1 is 1.29 bits per heavy atom. The van der Waals surface area contributed by atoms with Gasteiger partial charge in [0, 0.05) is 6.54 Å². The van der Waals surface area contributed by atoms with E-state index in [-0.39, 0.29) is 5.41 Å². The largest absolute Gasteiger partial charge is 0.369 e. The number of fused-ring (bicyclic) bond motifs is 1. The maximum Gasteiger partial charge on any atom is 0.139 e. The van der Waals surface area contributed by atoms with Crippen LogP contribution < -0.4 is 10.6 Å². The Labute approximate surface area is 136 Å². The van der Waals surface area contributed by atoms with Crippen LogP contribution in [0.1, 0.15) is 51.8 Å². The molecule has 2 aliphatic heterocycles. The van der Waals surface area contributed by atoms with E-state index in [1.165, 1.54) is 41.8 Å². The summed E-state index contributed by atoms with van der Waals surface area (Å²) in [4.78, 5) is 0. The van der Waals surface area contributed by atoms with Crippen molar-refractivity contribution >= 4 is 21.7 Å². The molecule has 0 saturated carbocycles. The third-order valence-electron chi connectivity index (χ3n) is 4.54. The fourth-order valence-electron chi connectivity index (χ4n) is 3.58. The second-order valence-corrected chi connectivity index (χ2v) is 8.47. The molecule has 0 bridgehead atoms. The van der Waals surface area contributed by atoms with Crippen molar-refractivity contribution in [3.05, 3.63) is 10.2 Å². The molecule has 0 aliphatic carbocycles. The second-order valence-electron chi connectivity index (χ2n) is 7.68. The lowest BCUT2D eigenvalue weighted by molar-refractivity contribution is 0.234. The maximum absolute atomic E-state index is 4.97. The molecule has 2 aliphatic rings. The van der Waals surface area contributed by atoms with Gasteiger partial charge in [-0.15, -0.1) is 0 Å². The van der Waals surface area contributed by atoms with E-state index in [0.717, 1.165) is 19.5 Å². The summed E-state index contributed by atoms with van der Waals surface area (Å²) < 4.78 is 3.44. The van der Waals surface area contributed by atoms with Crippen LogP contribution in [0.3, 0.4) is 0 Å². The van der Waals surface area contributed by atoms with Gasteiger partial charge in [-0.3, -0.25) is 0 Å². The summed E-state index contributed by atoms with van der Waals surface area (Å²) in [6, 6.07) is 0.541. The van der Waals surface area contributed by atoms with Crippen LogP contribution >= 0.6 is 15.9 Å². The molecule has 3 rings (SSSR count). The number of halogens is 1. The molecule has 118 valence electrons.